The van der Waals surface area contributed by atoms with Gasteiger partial charge in [-0.1, -0.05) is 17.7 Å². The minimum atomic E-state index is -0.142. The van der Waals surface area contributed by atoms with Crippen LogP contribution in [0.3, 0.4) is 0 Å². The van der Waals surface area contributed by atoms with Gasteiger partial charge in [-0.15, -0.1) is 0 Å². The molecule has 1 aromatic heterocycles. The van der Waals surface area contributed by atoms with Gasteiger partial charge in [0, 0.05) is 39.2 Å². The third-order valence-corrected chi connectivity index (χ3v) is 5.13. The summed E-state index contributed by atoms with van der Waals surface area (Å²) in [5, 5.41) is 2.89. The Morgan fingerprint density at radius 3 is 2.74 bits per heavy atom. The number of hydrogen-bond acceptors (Lipinski definition) is 5. The fourth-order valence-electron chi connectivity index (χ4n) is 2.83. The van der Waals surface area contributed by atoms with Crippen LogP contribution in [0, 0.1) is 6.92 Å². The smallest absolute Gasteiger partial charge is 0.256 e. The number of aryl methyl sites for hydroxylation is 1. The van der Waals surface area contributed by atoms with E-state index in [-0.39, 0.29) is 5.91 Å². The summed E-state index contributed by atoms with van der Waals surface area (Å²) in [4.78, 5) is 17.6. The molecule has 5 nitrogen and oxygen atoms in total. The molecule has 4 rings (SSSR count). The van der Waals surface area contributed by atoms with E-state index in [4.69, 9.17) is 5.73 Å². The zero-order chi connectivity index (χ0) is 18.8. The van der Waals surface area contributed by atoms with Crippen molar-refractivity contribution in [3.8, 4) is 0 Å². The number of fused-ring (bicyclic) bond motifs is 1. The zero-order valence-corrected chi connectivity index (χ0v) is 15.5. The van der Waals surface area contributed by atoms with Crippen molar-refractivity contribution in [2.24, 2.45) is 0 Å². The van der Waals surface area contributed by atoms with Crippen molar-refractivity contribution in [1.29, 1.82) is 0 Å². The second-order valence-corrected chi connectivity index (χ2v) is 7.15. The highest BCUT2D eigenvalue weighted by Crippen LogP contribution is 2.36. The second-order valence-electron chi connectivity index (χ2n) is 6.27. The van der Waals surface area contributed by atoms with E-state index < -0.39 is 0 Å². The van der Waals surface area contributed by atoms with Gasteiger partial charge in [0.25, 0.3) is 5.91 Å². The third-order valence-electron chi connectivity index (χ3n) is 4.28. The summed E-state index contributed by atoms with van der Waals surface area (Å²) in [5.74, 6) is 0.257. The number of benzene rings is 2. The number of nitrogens with one attached hydrogen (secondary N) is 2. The fraction of sp³-hybridized carbons (Fsp3) is 0.0476. The van der Waals surface area contributed by atoms with Crippen LogP contribution in [0.4, 0.5) is 17.2 Å². The van der Waals surface area contributed by atoms with Gasteiger partial charge in [0.2, 0.25) is 0 Å². The van der Waals surface area contributed by atoms with Gasteiger partial charge in [-0.25, -0.2) is 4.98 Å². The lowest BCUT2D eigenvalue weighted by Gasteiger charge is -2.08. The molecule has 2 heterocycles. The maximum absolute atomic E-state index is 12.4. The molecule has 0 saturated heterocycles. The number of nitrogen functional groups attached to an aromatic ring is 1. The highest BCUT2D eigenvalue weighted by atomic mass is 32.2. The van der Waals surface area contributed by atoms with E-state index in [0.29, 0.717) is 11.4 Å². The molecule has 4 N–H and O–H groups in total. The van der Waals surface area contributed by atoms with E-state index in [0.717, 1.165) is 27.4 Å². The first-order valence-corrected chi connectivity index (χ1v) is 9.29. The van der Waals surface area contributed by atoms with Gasteiger partial charge in [0.05, 0.1) is 0 Å². The molecule has 1 aliphatic heterocycles. The van der Waals surface area contributed by atoms with Crippen molar-refractivity contribution >= 4 is 46.7 Å². The number of aromatic nitrogens is 1. The summed E-state index contributed by atoms with van der Waals surface area (Å²) in [6.45, 7) is 2.06. The van der Waals surface area contributed by atoms with Gasteiger partial charge in [0.1, 0.15) is 5.82 Å². The summed E-state index contributed by atoms with van der Waals surface area (Å²) < 4.78 is 3.33. The molecule has 1 amide bonds. The summed E-state index contributed by atoms with van der Waals surface area (Å²) in [6, 6.07) is 17.8. The van der Waals surface area contributed by atoms with Crippen molar-refractivity contribution in [1.82, 2.24) is 4.98 Å². The van der Waals surface area contributed by atoms with Crippen LogP contribution in [-0.4, -0.2) is 10.9 Å². The maximum Gasteiger partial charge on any atom is 0.256 e. The van der Waals surface area contributed by atoms with Crippen molar-refractivity contribution in [2.45, 2.75) is 11.8 Å². The number of amides is 1. The number of rotatable bonds is 4. The lowest BCUT2D eigenvalue weighted by atomic mass is 10.0. The Balaban J connectivity index is 1.61. The average Bonchev–Trinajstić information content (AvgIpc) is 2.98. The minimum Gasteiger partial charge on any atom is -0.383 e. The molecular weight excluding hydrogens is 356 g/mol. The molecule has 0 radical (unpaired) electrons. The molecule has 134 valence electrons. The SMILES string of the molecule is Cc1ccc(SNc2ccc3c(c2)/C(=C/c2cccnc2N)C(=O)N3)cc1. The highest BCUT2D eigenvalue weighted by Gasteiger charge is 2.24. The molecule has 27 heavy (non-hydrogen) atoms. The van der Waals surface area contributed by atoms with Crippen molar-refractivity contribution in [3.63, 3.8) is 0 Å². The summed E-state index contributed by atoms with van der Waals surface area (Å²) in [7, 11) is 0. The van der Waals surface area contributed by atoms with Gasteiger partial charge in [-0.05, 0) is 67.4 Å². The molecule has 0 atom stereocenters. The Morgan fingerprint density at radius 1 is 1.15 bits per heavy atom. The number of nitrogens with two attached hydrogens (primary N) is 1. The Labute approximate surface area is 161 Å². The first-order valence-electron chi connectivity index (χ1n) is 8.47. The molecule has 3 aromatic rings. The summed E-state index contributed by atoms with van der Waals surface area (Å²) >= 11 is 1.53. The maximum atomic E-state index is 12.4. The summed E-state index contributed by atoms with van der Waals surface area (Å²) in [6.07, 6.45) is 3.41. The van der Waals surface area contributed by atoms with Crippen LogP contribution in [-0.2, 0) is 4.79 Å². The number of pyridine rings is 1. The molecule has 0 bridgehead atoms. The Hall–Kier alpha value is -3.25. The molecule has 2 aromatic carbocycles. The second kappa shape index (κ2) is 7.17. The van der Waals surface area contributed by atoms with Crippen LogP contribution in [0.25, 0.3) is 11.6 Å². The van der Waals surface area contributed by atoms with E-state index in [1.54, 1.807) is 18.3 Å². The van der Waals surface area contributed by atoms with Crippen LogP contribution in [0.1, 0.15) is 16.7 Å². The average molecular weight is 374 g/mol. The van der Waals surface area contributed by atoms with Crippen LogP contribution in [0.5, 0.6) is 0 Å². The number of carbonyl (C=O) groups excluding carboxylic acids is 1. The van der Waals surface area contributed by atoms with E-state index in [1.807, 2.05) is 24.3 Å². The predicted octanol–water partition coefficient (Wildman–Crippen LogP) is 4.58. The van der Waals surface area contributed by atoms with Gasteiger partial charge in [-0.3, -0.25) is 4.79 Å². The van der Waals surface area contributed by atoms with Gasteiger partial charge < -0.3 is 15.8 Å². The van der Waals surface area contributed by atoms with Crippen molar-refractivity contribution in [3.05, 3.63) is 77.5 Å². The molecule has 0 unspecified atom stereocenters. The largest absolute Gasteiger partial charge is 0.383 e. The monoisotopic (exact) mass is 374 g/mol. The molecule has 6 heteroatoms. The fourth-order valence-corrected chi connectivity index (χ4v) is 3.46. The molecule has 0 saturated carbocycles. The quantitative estimate of drug-likeness (QED) is 0.460. The van der Waals surface area contributed by atoms with Crippen LogP contribution >= 0.6 is 11.9 Å². The normalized spacial score (nSPS) is 14.1. The van der Waals surface area contributed by atoms with E-state index in [9.17, 15) is 4.79 Å². The lowest BCUT2D eigenvalue weighted by Crippen LogP contribution is -2.04. The minimum absolute atomic E-state index is 0.142. The zero-order valence-electron chi connectivity index (χ0n) is 14.7. The Morgan fingerprint density at radius 2 is 1.96 bits per heavy atom. The van der Waals surface area contributed by atoms with E-state index in [1.165, 1.54) is 17.5 Å². The Kier molecular flexibility index (Phi) is 4.56. The first-order chi connectivity index (χ1) is 13.1. The molecule has 0 spiro atoms. The van der Waals surface area contributed by atoms with Crippen LogP contribution in [0.15, 0.2) is 65.7 Å². The lowest BCUT2D eigenvalue weighted by molar-refractivity contribution is -0.110. The van der Waals surface area contributed by atoms with E-state index >= 15 is 0 Å². The van der Waals surface area contributed by atoms with Crippen molar-refractivity contribution < 1.29 is 4.79 Å². The molecular formula is C21H18N4OS. The third kappa shape index (κ3) is 3.66. The summed E-state index contributed by atoms with van der Waals surface area (Å²) in [5.41, 5.74) is 11.0. The van der Waals surface area contributed by atoms with Gasteiger partial charge in [0.15, 0.2) is 0 Å². The van der Waals surface area contributed by atoms with Crippen LogP contribution < -0.4 is 15.8 Å². The molecule has 0 aliphatic carbocycles. The Bertz CT molecular complexity index is 1040. The molecule has 0 fully saturated rings. The van der Waals surface area contributed by atoms with E-state index in [2.05, 4.69) is 46.2 Å². The molecule has 1 aliphatic rings. The van der Waals surface area contributed by atoms with Gasteiger partial charge >= 0.3 is 0 Å². The number of nitrogens with zero attached hydrogens (tertiary/aromatic N) is 1. The topological polar surface area (TPSA) is 80.0 Å². The first kappa shape index (κ1) is 17.2. The predicted molar refractivity (Wildman–Crippen MR) is 112 cm³/mol. The standard InChI is InChI=1S/C21H18N4OS/c1-13-4-7-16(8-5-13)27-25-15-6-9-19-17(12-15)18(21(26)24-19)11-14-3-2-10-23-20(14)22/h2-12,25H,1H3,(H2,22,23)(H,24,26)/b18-11-. The number of hydrogen-bond donors (Lipinski definition) is 3. The van der Waals surface area contributed by atoms with Gasteiger partial charge in [-0.2, -0.15) is 0 Å². The highest BCUT2D eigenvalue weighted by molar-refractivity contribution is 8.00. The number of carbonyl (C=O) groups is 1. The number of anilines is 3. The van der Waals surface area contributed by atoms with Crippen molar-refractivity contribution in [2.75, 3.05) is 15.8 Å². The van der Waals surface area contributed by atoms with Crippen LogP contribution in [0.2, 0.25) is 0 Å².